The zero-order valence-electron chi connectivity index (χ0n) is 13.4. The topological polar surface area (TPSA) is 6.48 Å². The highest BCUT2D eigenvalue weighted by molar-refractivity contribution is 5.57. The standard InChI is InChI=1S/C18H28N2/c1-14-12-19-11-7-8-15(19)13-20(14)17-10-6-5-9-16(17)18(2,3)4/h5-6,9-10,14-15H,7-8,11-13H2,1-4H3. The largest absolute Gasteiger partial charge is 0.366 e. The molecule has 0 aromatic heterocycles. The number of piperazine rings is 1. The molecule has 0 bridgehead atoms. The van der Waals surface area contributed by atoms with Crippen LogP contribution < -0.4 is 4.90 Å². The molecule has 0 radical (unpaired) electrons. The van der Waals surface area contributed by atoms with E-state index in [1.165, 1.54) is 43.7 Å². The van der Waals surface area contributed by atoms with E-state index >= 15 is 0 Å². The van der Waals surface area contributed by atoms with Crippen LogP contribution in [0.3, 0.4) is 0 Å². The highest BCUT2D eigenvalue weighted by Gasteiger charge is 2.35. The Kier molecular flexibility index (Phi) is 3.53. The van der Waals surface area contributed by atoms with Crippen molar-refractivity contribution in [2.24, 2.45) is 0 Å². The highest BCUT2D eigenvalue weighted by Crippen LogP contribution is 2.35. The van der Waals surface area contributed by atoms with Crippen molar-refractivity contribution in [3.63, 3.8) is 0 Å². The van der Waals surface area contributed by atoms with Crippen LogP contribution in [-0.2, 0) is 5.41 Å². The van der Waals surface area contributed by atoms with Gasteiger partial charge in [-0.15, -0.1) is 0 Å². The van der Waals surface area contributed by atoms with Gasteiger partial charge in [-0.25, -0.2) is 0 Å². The van der Waals surface area contributed by atoms with Gasteiger partial charge < -0.3 is 4.90 Å². The summed E-state index contributed by atoms with van der Waals surface area (Å²) in [6.45, 7) is 13.1. The number of benzene rings is 1. The molecular formula is C18H28N2. The van der Waals surface area contributed by atoms with Gasteiger partial charge in [0.05, 0.1) is 0 Å². The van der Waals surface area contributed by atoms with E-state index in [4.69, 9.17) is 0 Å². The first-order valence-corrected chi connectivity index (χ1v) is 8.07. The van der Waals surface area contributed by atoms with Crippen LogP contribution in [-0.4, -0.2) is 36.6 Å². The Bertz CT molecular complexity index is 475. The van der Waals surface area contributed by atoms with Gasteiger partial charge in [0.2, 0.25) is 0 Å². The Balaban J connectivity index is 1.92. The summed E-state index contributed by atoms with van der Waals surface area (Å²) in [4.78, 5) is 5.36. The molecule has 2 aliphatic rings. The number of hydrogen-bond donors (Lipinski definition) is 0. The fourth-order valence-corrected chi connectivity index (χ4v) is 3.88. The van der Waals surface area contributed by atoms with Crippen molar-refractivity contribution in [1.29, 1.82) is 0 Å². The molecule has 2 unspecified atom stereocenters. The third-order valence-electron chi connectivity index (χ3n) is 4.96. The van der Waals surface area contributed by atoms with Crippen LogP contribution in [0.5, 0.6) is 0 Å². The van der Waals surface area contributed by atoms with Gasteiger partial charge in [-0.05, 0) is 43.4 Å². The second-order valence-electron chi connectivity index (χ2n) is 7.56. The summed E-state index contributed by atoms with van der Waals surface area (Å²) in [5.74, 6) is 0. The number of rotatable bonds is 1. The lowest BCUT2D eigenvalue weighted by atomic mass is 9.85. The summed E-state index contributed by atoms with van der Waals surface area (Å²) < 4.78 is 0. The molecule has 2 saturated heterocycles. The maximum absolute atomic E-state index is 2.70. The van der Waals surface area contributed by atoms with Gasteiger partial charge >= 0.3 is 0 Å². The molecule has 1 aromatic carbocycles. The van der Waals surface area contributed by atoms with E-state index in [1.54, 1.807) is 0 Å². The van der Waals surface area contributed by atoms with Crippen molar-refractivity contribution in [3.8, 4) is 0 Å². The van der Waals surface area contributed by atoms with Crippen LogP contribution >= 0.6 is 0 Å². The summed E-state index contributed by atoms with van der Waals surface area (Å²) >= 11 is 0. The Labute approximate surface area is 123 Å². The summed E-state index contributed by atoms with van der Waals surface area (Å²) in [7, 11) is 0. The fraction of sp³-hybridized carbons (Fsp3) is 0.667. The minimum absolute atomic E-state index is 0.211. The molecule has 0 aliphatic carbocycles. The number of nitrogens with zero attached hydrogens (tertiary/aromatic N) is 2. The van der Waals surface area contributed by atoms with Crippen molar-refractivity contribution in [3.05, 3.63) is 29.8 Å². The molecule has 110 valence electrons. The first-order valence-electron chi connectivity index (χ1n) is 8.07. The van der Waals surface area contributed by atoms with E-state index in [9.17, 15) is 0 Å². The Morgan fingerprint density at radius 2 is 1.85 bits per heavy atom. The number of anilines is 1. The Hall–Kier alpha value is -1.02. The quantitative estimate of drug-likeness (QED) is 0.770. The van der Waals surface area contributed by atoms with E-state index in [0.29, 0.717) is 6.04 Å². The van der Waals surface area contributed by atoms with Gasteiger partial charge in [-0.3, -0.25) is 4.90 Å². The van der Waals surface area contributed by atoms with Crippen molar-refractivity contribution in [2.75, 3.05) is 24.5 Å². The molecule has 2 nitrogen and oxygen atoms in total. The Morgan fingerprint density at radius 1 is 1.10 bits per heavy atom. The minimum atomic E-state index is 0.211. The number of fused-ring (bicyclic) bond motifs is 1. The van der Waals surface area contributed by atoms with E-state index in [1.807, 2.05) is 0 Å². The third-order valence-corrected chi connectivity index (χ3v) is 4.96. The zero-order chi connectivity index (χ0) is 14.3. The maximum atomic E-state index is 2.70. The lowest BCUT2D eigenvalue weighted by molar-refractivity contribution is 0.202. The molecule has 0 amide bonds. The molecule has 2 heteroatoms. The highest BCUT2D eigenvalue weighted by atomic mass is 15.3. The van der Waals surface area contributed by atoms with E-state index in [0.717, 1.165) is 6.04 Å². The molecular weight excluding hydrogens is 244 g/mol. The predicted molar refractivity (Wildman–Crippen MR) is 86.5 cm³/mol. The SMILES string of the molecule is CC1CN2CCCC2CN1c1ccccc1C(C)(C)C. The van der Waals surface area contributed by atoms with Gasteiger partial charge in [-0.1, -0.05) is 39.0 Å². The normalized spacial score (nSPS) is 27.7. The van der Waals surface area contributed by atoms with Gasteiger partial charge in [-0.2, -0.15) is 0 Å². The van der Waals surface area contributed by atoms with Gasteiger partial charge in [0.15, 0.2) is 0 Å². The van der Waals surface area contributed by atoms with Crippen molar-refractivity contribution in [1.82, 2.24) is 4.90 Å². The van der Waals surface area contributed by atoms with Crippen LogP contribution in [0.15, 0.2) is 24.3 Å². The molecule has 2 heterocycles. The zero-order valence-corrected chi connectivity index (χ0v) is 13.4. The smallest absolute Gasteiger partial charge is 0.0407 e. The fourth-order valence-electron chi connectivity index (χ4n) is 3.88. The second-order valence-corrected chi connectivity index (χ2v) is 7.56. The number of para-hydroxylation sites is 1. The van der Waals surface area contributed by atoms with E-state index in [2.05, 4.69) is 61.8 Å². The molecule has 3 rings (SSSR count). The average molecular weight is 272 g/mol. The summed E-state index contributed by atoms with van der Waals surface area (Å²) in [5.41, 5.74) is 3.15. The van der Waals surface area contributed by atoms with Crippen molar-refractivity contribution < 1.29 is 0 Å². The van der Waals surface area contributed by atoms with Crippen LogP contribution in [0.4, 0.5) is 5.69 Å². The molecule has 0 N–H and O–H groups in total. The van der Waals surface area contributed by atoms with Gasteiger partial charge in [0.1, 0.15) is 0 Å². The molecule has 1 aromatic rings. The van der Waals surface area contributed by atoms with Crippen LogP contribution in [0.2, 0.25) is 0 Å². The third kappa shape index (κ3) is 2.46. The Morgan fingerprint density at radius 3 is 2.60 bits per heavy atom. The number of hydrogen-bond acceptors (Lipinski definition) is 2. The van der Waals surface area contributed by atoms with Crippen molar-refractivity contribution in [2.45, 2.75) is 58.0 Å². The monoisotopic (exact) mass is 272 g/mol. The molecule has 0 saturated carbocycles. The summed E-state index contributed by atoms with van der Waals surface area (Å²) in [6, 6.07) is 10.4. The average Bonchev–Trinajstić information content (AvgIpc) is 2.84. The lowest BCUT2D eigenvalue weighted by Crippen LogP contribution is -2.55. The molecule has 2 aliphatic heterocycles. The van der Waals surface area contributed by atoms with Gasteiger partial charge in [0.25, 0.3) is 0 Å². The van der Waals surface area contributed by atoms with Crippen LogP contribution in [0.1, 0.15) is 46.1 Å². The first-order chi connectivity index (χ1) is 9.47. The summed E-state index contributed by atoms with van der Waals surface area (Å²) in [6.07, 6.45) is 2.76. The lowest BCUT2D eigenvalue weighted by Gasteiger charge is -2.45. The van der Waals surface area contributed by atoms with Crippen LogP contribution in [0, 0.1) is 0 Å². The van der Waals surface area contributed by atoms with E-state index in [-0.39, 0.29) is 5.41 Å². The first kappa shape index (κ1) is 13.9. The van der Waals surface area contributed by atoms with Crippen LogP contribution in [0.25, 0.3) is 0 Å². The molecule has 20 heavy (non-hydrogen) atoms. The predicted octanol–water partition coefficient (Wildman–Crippen LogP) is 3.66. The molecule has 2 fully saturated rings. The molecule has 0 spiro atoms. The maximum Gasteiger partial charge on any atom is 0.0407 e. The van der Waals surface area contributed by atoms with Gasteiger partial charge in [0, 0.05) is 30.9 Å². The molecule has 2 atom stereocenters. The minimum Gasteiger partial charge on any atom is -0.366 e. The van der Waals surface area contributed by atoms with E-state index < -0.39 is 0 Å². The van der Waals surface area contributed by atoms with Crippen molar-refractivity contribution >= 4 is 5.69 Å². The summed E-state index contributed by atoms with van der Waals surface area (Å²) in [5, 5.41) is 0. The second kappa shape index (κ2) is 5.07.